The first-order chi connectivity index (χ1) is 15.2. The van der Waals surface area contributed by atoms with E-state index >= 15 is 0 Å². The predicted molar refractivity (Wildman–Crippen MR) is 123 cm³/mol. The van der Waals surface area contributed by atoms with Crippen LogP contribution in [0.25, 0.3) is 27.9 Å². The van der Waals surface area contributed by atoms with Gasteiger partial charge in [0.05, 0.1) is 11.2 Å². The maximum Gasteiger partial charge on any atom is 0.257 e. The largest absolute Gasteiger partial charge is 0.329 e. The Balaban J connectivity index is 1.43. The second-order valence-electron chi connectivity index (χ2n) is 7.96. The number of anilines is 2. The smallest absolute Gasteiger partial charge is 0.257 e. The van der Waals surface area contributed by atoms with Crippen molar-refractivity contribution in [3.8, 4) is 11.3 Å². The minimum atomic E-state index is 0.533. The number of benzene rings is 2. The molecule has 1 saturated carbocycles. The quantitative estimate of drug-likeness (QED) is 0.372. The van der Waals surface area contributed by atoms with E-state index in [2.05, 4.69) is 45.4 Å². The van der Waals surface area contributed by atoms with Gasteiger partial charge in [-0.2, -0.15) is 4.98 Å². The summed E-state index contributed by atoms with van der Waals surface area (Å²) in [5.41, 5.74) is 5.31. The molecule has 0 radical (unpaired) electrons. The maximum absolute atomic E-state index is 6.26. The van der Waals surface area contributed by atoms with Crippen LogP contribution in [0.1, 0.15) is 24.3 Å². The Morgan fingerprint density at radius 1 is 1.06 bits per heavy atom. The standard InChI is InChI=1S/C24H19ClN6/c1-30(23-20-9-8-18(25)12-22(20)31-14-27-29-24(31)28-23)19-4-2-3-16(11-19)21-10-7-17(13-26-21)15-5-6-15/h2-4,7-15H,5-6H2,1H3. The summed E-state index contributed by atoms with van der Waals surface area (Å²) >= 11 is 6.26. The van der Waals surface area contributed by atoms with E-state index in [4.69, 9.17) is 21.6 Å². The molecule has 31 heavy (non-hydrogen) atoms. The molecular weight excluding hydrogens is 408 g/mol. The molecule has 6 nitrogen and oxygen atoms in total. The van der Waals surface area contributed by atoms with E-state index in [1.807, 2.05) is 41.9 Å². The Kier molecular flexibility index (Phi) is 4.14. The van der Waals surface area contributed by atoms with Crippen molar-refractivity contribution < 1.29 is 0 Å². The Bertz CT molecular complexity index is 1420. The van der Waals surface area contributed by atoms with Crippen LogP contribution in [-0.2, 0) is 0 Å². The number of nitrogens with zero attached hydrogens (tertiary/aromatic N) is 6. The molecule has 0 spiro atoms. The Morgan fingerprint density at radius 2 is 1.97 bits per heavy atom. The molecule has 7 heteroatoms. The molecule has 1 fully saturated rings. The monoisotopic (exact) mass is 426 g/mol. The molecule has 0 unspecified atom stereocenters. The van der Waals surface area contributed by atoms with Gasteiger partial charge in [-0.1, -0.05) is 29.8 Å². The van der Waals surface area contributed by atoms with Crippen LogP contribution in [0.15, 0.2) is 67.1 Å². The van der Waals surface area contributed by atoms with Crippen LogP contribution in [-0.4, -0.2) is 31.6 Å². The molecule has 0 bridgehead atoms. The number of hydrogen-bond donors (Lipinski definition) is 0. The molecule has 3 aromatic heterocycles. The molecule has 0 atom stereocenters. The van der Waals surface area contributed by atoms with Crippen molar-refractivity contribution in [1.29, 1.82) is 0 Å². The van der Waals surface area contributed by atoms with Crippen molar-refractivity contribution >= 4 is 39.8 Å². The van der Waals surface area contributed by atoms with Gasteiger partial charge >= 0.3 is 0 Å². The van der Waals surface area contributed by atoms with Gasteiger partial charge in [0, 0.05) is 34.9 Å². The third-order valence-corrected chi connectivity index (χ3v) is 6.11. The minimum Gasteiger partial charge on any atom is -0.329 e. The van der Waals surface area contributed by atoms with Crippen molar-refractivity contribution in [3.05, 3.63) is 77.7 Å². The number of rotatable bonds is 4. The fraction of sp³-hybridized carbons (Fsp3) is 0.167. The molecule has 5 aromatic rings. The molecule has 2 aromatic carbocycles. The van der Waals surface area contributed by atoms with Crippen LogP contribution in [0.3, 0.4) is 0 Å². The lowest BCUT2D eigenvalue weighted by molar-refractivity contribution is 1.08. The average molecular weight is 427 g/mol. The fourth-order valence-electron chi connectivity index (χ4n) is 4.01. The van der Waals surface area contributed by atoms with E-state index in [1.165, 1.54) is 18.4 Å². The topological polar surface area (TPSA) is 59.2 Å². The first-order valence-electron chi connectivity index (χ1n) is 10.3. The van der Waals surface area contributed by atoms with Crippen LogP contribution in [0, 0.1) is 0 Å². The van der Waals surface area contributed by atoms with Crippen molar-refractivity contribution in [2.75, 3.05) is 11.9 Å². The molecule has 152 valence electrons. The summed E-state index contributed by atoms with van der Waals surface area (Å²) in [5.74, 6) is 2.03. The molecule has 0 N–H and O–H groups in total. The second kappa shape index (κ2) is 7.03. The number of fused-ring (bicyclic) bond motifs is 3. The third-order valence-electron chi connectivity index (χ3n) is 5.88. The summed E-state index contributed by atoms with van der Waals surface area (Å²) in [6.07, 6.45) is 6.23. The SMILES string of the molecule is CN(c1cccc(-c2ccc(C3CC3)cn2)c1)c1nc2nncn2c2cc(Cl)ccc12. The van der Waals surface area contributed by atoms with Gasteiger partial charge < -0.3 is 4.90 Å². The summed E-state index contributed by atoms with van der Waals surface area (Å²) < 4.78 is 1.85. The number of hydrogen-bond acceptors (Lipinski definition) is 5. The number of aromatic nitrogens is 5. The zero-order chi connectivity index (χ0) is 20.9. The van der Waals surface area contributed by atoms with Gasteiger partial charge in [-0.25, -0.2) is 0 Å². The summed E-state index contributed by atoms with van der Waals surface area (Å²) in [6.45, 7) is 0. The summed E-state index contributed by atoms with van der Waals surface area (Å²) in [7, 11) is 2.01. The Hall–Kier alpha value is -3.51. The highest BCUT2D eigenvalue weighted by Gasteiger charge is 2.23. The zero-order valence-corrected chi connectivity index (χ0v) is 17.7. The molecule has 1 aliphatic carbocycles. The molecular formula is C24H19ClN6. The van der Waals surface area contributed by atoms with E-state index in [0.717, 1.165) is 33.7 Å². The van der Waals surface area contributed by atoms with Crippen molar-refractivity contribution in [2.45, 2.75) is 18.8 Å². The van der Waals surface area contributed by atoms with Crippen molar-refractivity contribution in [1.82, 2.24) is 24.6 Å². The van der Waals surface area contributed by atoms with Gasteiger partial charge in [0.15, 0.2) is 0 Å². The zero-order valence-electron chi connectivity index (χ0n) is 16.9. The lowest BCUT2D eigenvalue weighted by Crippen LogP contribution is -2.13. The van der Waals surface area contributed by atoms with Crippen molar-refractivity contribution in [3.63, 3.8) is 0 Å². The highest BCUT2D eigenvalue weighted by atomic mass is 35.5. The highest BCUT2D eigenvalue weighted by molar-refractivity contribution is 6.31. The molecule has 1 aliphatic rings. The predicted octanol–water partition coefficient (Wildman–Crippen LogP) is 5.64. The van der Waals surface area contributed by atoms with E-state index in [9.17, 15) is 0 Å². The van der Waals surface area contributed by atoms with Gasteiger partial charge in [0.25, 0.3) is 5.78 Å². The highest BCUT2D eigenvalue weighted by Crippen LogP contribution is 2.40. The van der Waals surface area contributed by atoms with E-state index < -0.39 is 0 Å². The lowest BCUT2D eigenvalue weighted by Gasteiger charge is -2.21. The minimum absolute atomic E-state index is 0.533. The van der Waals surface area contributed by atoms with E-state index in [1.54, 1.807) is 6.33 Å². The van der Waals surface area contributed by atoms with Crippen LogP contribution in [0.4, 0.5) is 11.5 Å². The summed E-state index contributed by atoms with van der Waals surface area (Å²) in [6, 6.07) is 18.4. The normalized spacial score (nSPS) is 13.7. The summed E-state index contributed by atoms with van der Waals surface area (Å²) in [5, 5.41) is 9.79. The fourth-order valence-corrected chi connectivity index (χ4v) is 4.18. The van der Waals surface area contributed by atoms with E-state index in [-0.39, 0.29) is 0 Å². The lowest BCUT2D eigenvalue weighted by atomic mass is 10.1. The molecule has 0 aliphatic heterocycles. The number of halogens is 1. The van der Waals surface area contributed by atoms with Crippen LogP contribution in [0.2, 0.25) is 5.02 Å². The second-order valence-corrected chi connectivity index (χ2v) is 8.39. The van der Waals surface area contributed by atoms with Crippen LogP contribution in [0.5, 0.6) is 0 Å². The van der Waals surface area contributed by atoms with E-state index in [0.29, 0.717) is 16.7 Å². The first-order valence-corrected chi connectivity index (χ1v) is 10.6. The molecule has 0 saturated heterocycles. The van der Waals surface area contributed by atoms with Crippen molar-refractivity contribution in [2.24, 2.45) is 0 Å². The summed E-state index contributed by atoms with van der Waals surface area (Å²) in [4.78, 5) is 11.5. The third kappa shape index (κ3) is 3.20. The number of pyridine rings is 1. The Labute approximate surface area is 184 Å². The van der Waals surface area contributed by atoms with Gasteiger partial charge in [0.2, 0.25) is 0 Å². The van der Waals surface area contributed by atoms with Gasteiger partial charge in [-0.05, 0) is 60.7 Å². The maximum atomic E-state index is 6.26. The molecule has 6 rings (SSSR count). The van der Waals surface area contributed by atoms with Gasteiger partial charge in [0.1, 0.15) is 12.1 Å². The van der Waals surface area contributed by atoms with Crippen LogP contribution >= 0.6 is 11.6 Å². The average Bonchev–Trinajstić information content (AvgIpc) is 3.55. The Morgan fingerprint density at radius 3 is 2.77 bits per heavy atom. The van der Waals surface area contributed by atoms with Gasteiger partial charge in [-0.15, -0.1) is 10.2 Å². The van der Waals surface area contributed by atoms with Gasteiger partial charge in [-0.3, -0.25) is 9.38 Å². The van der Waals surface area contributed by atoms with Crippen LogP contribution < -0.4 is 4.90 Å². The molecule has 3 heterocycles. The first kappa shape index (κ1) is 18.3. The molecule has 0 amide bonds.